The van der Waals surface area contributed by atoms with Crippen molar-refractivity contribution in [3.05, 3.63) is 6.92 Å². The van der Waals surface area contributed by atoms with Crippen molar-refractivity contribution >= 4 is 11.6 Å². The minimum Gasteiger partial charge on any atom is -0.317 e. The van der Waals surface area contributed by atoms with Crippen molar-refractivity contribution in [3.8, 4) is 0 Å². The van der Waals surface area contributed by atoms with Crippen molar-refractivity contribution in [2.75, 3.05) is 6.61 Å². The maximum atomic E-state index is 11.8. The molecule has 0 aromatic heterocycles. The average Bonchev–Trinajstić information content (AvgIpc) is 1.65. The van der Waals surface area contributed by atoms with E-state index in [9.17, 15) is 13.2 Å². The number of ether oxygens (including phenoxy) is 1. The predicted molar refractivity (Wildman–Crippen MR) is 27.0 cm³/mol. The SMILES string of the molecule is [CH2]COC(F)(F)C(F)Cl. The van der Waals surface area contributed by atoms with Crippen LogP contribution in [0.1, 0.15) is 0 Å². The van der Waals surface area contributed by atoms with E-state index in [1.54, 1.807) is 0 Å². The summed E-state index contributed by atoms with van der Waals surface area (Å²) >= 11 is 4.38. The first kappa shape index (κ1) is 9.04. The fourth-order valence-electron chi connectivity index (χ4n) is 0.199. The van der Waals surface area contributed by atoms with Crippen LogP contribution in [0.4, 0.5) is 13.2 Å². The highest BCUT2D eigenvalue weighted by atomic mass is 35.5. The molecule has 0 aromatic carbocycles. The fourth-order valence-corrected chi connectivity index (χ4v) is 0.262. The van der Waals surface area contributed by atoms with Gasteiger partial charge in [0, 0.05) is 0 Å². The summed E-state index contributed by atoms with van der Waals surface area (Å²) in [5.74, 6) is 0. The maximum absolute atomic E-state index is 11.8. The average molecular weight is 162 g/mol. The minimum absolute atomic E-state index is 0.514. The van der Waals surface area contributed by atoms with Crippen molar-refractivity contribution in [2.45, 2.75) is 11.7 Å². The van der Waals surface area contributed by atoms with Gasteiger partial charge in [0.2, 0.25) is 0 Å². The van der Waals surface area contributed by atoms with E-state index >= 15 is 0 Å². The first-order valence-electron chi connectivity index (χ1n) is 2.10. The van der Waals surface area contributed by atoms with Gasteiger partial charge in [-0.1, -0.05) is 11.6 Å². The molecular weight excluding hydrogens is 156 g/mol. The van der Waals surface area contributed by atoms with Gasteiger partial charge in [0.15, 0.2) is 0 Å². The Morgan fingerprint density at radius 1 is 1.67 bits per heavy atom. The number of rotatable bonds is 3. The van der Waals surface area contributed by atoms with Gasteiger partial charge in [-0.3, -0.25) is 0 Å². The molecule has 0 bridgehead atoms. The molecule has 0 amide bonds. The molecule has 0 N–H and O–H groups in total. The zero-order chi connectivity index (χ0) is 7.49. The van der Waals surface area contributed by atoms with Crippen LogP contribution in [-0.4, -0.2) is 18.3 Å². The maximum Gasteiger partial charge on any atom is 0.400 e. The van der Waals surface area contributed by atoms with Gasteiger partial charge in [-0.25, -0.2) is 4.39 Å². The van der Waals surface area contributed by atoms with Crippen molar-refractivity contribution < 1.29 is 17.9 Å². The summed E-state index contributed by atoms with van der Waals surface area (Å²) in [6, 6.07) is 0. The number of halogens is 4. The largest absolute Gasteiger partial charge is 0.400 e. The standard InChI is InChI=1S/C4H5ClF3O/c1-2-9-4(7,8)3(5)6/h3H,1-2H2. The van der Waals surface area contributed by atoms with E-state index in [-0.39, 0.29) is 0 Å². The molecule has 0 saturated heterocycles. The third-order valence-electron chi connectivity index (χ3n) is 0.549. The Bertz CT molecular complexity index is 85.9. The Labute approximate surface area is 55.7 Å². The van der Waals surface area contributed by atoms with E-state index in [4.69, 9.17) is 0 Å². The van der Waals surface area contributed by atoms with Gasteiger partial charge in [-0.05, 0) is 6.92 Å². The van der Waals surface area contributed by atoms with E-state index in [0.717, 1.165) is 0 Å². The van der Waals surface area contributed by atoms with Crippen LogP contribution < -0.4 is 0 Å². The Morgan fingerprint density at radius 2 is 2.11 bits per heavy atom. The molecule has 55 valence electrons. The summed E-state index contributed by atoms with van der Waals surface area (Å²) in [5.41, 5.74) is -2.81. The molecule has 0 spiro atoms. The van der Waals surface area contributed by atoms with Crippen LogP contribution in [0.25, 0.3) is 0 Å². The quantitative estimate of drug-likeness (QED) is 0.575. The van der Waals surface area contributed by atoms with Crippen molar-refractivity contribution in [1.29, 1.82) is 0 Å². The van der Waals surface area contributed by atoms with E-state index in [1.807, 2.05) is 0 Å². The lowest BCUT2D eigenvalue weighted by Crippen LogP contribution is -2.29. The zero-order valence-electron chi connectivity index (χ0n) is 4.41. The van der Waals surface area contributed by atoms with Crippen LogP contribution in [0.5, 0.6) is 0 Å². The minimum atomic E-state index is -3.91. The number of hydrogen-bond donors (Lipinski definition) is 0. The zero-order valence-corrected chi connectivity index (χ0v) is 5.17. The summed E-state index contributed by atoms with van der Waals surface area (Å²) in [7, 11) is 0. The monoisotopic (exact) mass is 161 g/mol. The van der Waals surface area contributed by atoms with Gasteiger partial charge in [-0.15, -0.1) is 0 Å². The highest BCUT2D eigenvalue weighted by Gasteiger charge is 2.39. The smallest absolute Gasteiger partial charge is 0.317 e. The molecule has 5 heteroatoms. The van der Waals surface area contributed by atoms with Crippen molar-refractivity contribution in [2.24, 2.45) is 0 Å². The Hall–Kier alpha value is 0.0400. The second-order valence-electron chi connectivity index (χ2n) is 1.21. The van der Waals surface area contributed by atoms with Crippen LogP contribution >= 0.6 is 11.6 Å². The molecule has 1 radical (unpaired) electrons. The Kier molecular flexibility index (Phi) is 3.28. The predicted octanol–water partition coefficient (Wildman–Crippen LogP) is 1.96. The first-order valence-corrected chi connectivity index (χ1v) is 2.53. The summed E-state index contributed by atoms with van der Waals surface area (Å²) in [6.07, 6.45) is -3.91. The van der Waals surface area contributed by atoms with Crippen LogP contribution in [0.3, 0.4) is 0 Å². The van der Waals surface area contributed by atoms with Gasteiger partial charge in [0.25, 0.3) is 5.63 Å². The molecule has 1 atom stereocenters. The van der Waals surface area contributed by atoms with Crippen LogP contribution in [0, 0.1) is 6.92 Å². The van der Waals surface area contributed by atoms with Gasteiger partial charge < -0.3 is 4.74 Å². The summed E-state index contributed by atoms with van der Waals surface area (Å²) in [5, 5.41) is 0. The topological polar surface area (TPSA) is 9.23 Å². The summed E-state index contributed by atoms with van der Waals surface area (Å²) < 4.78 is 38.6. The van der Waals surface area contributed by atoms with Crippen molar-refractivity contribution in [3.63, 3.8) is 0 Å². The molecule has 0 aromatic rings. The van der Waals surface area contributed by atoms with E-state index in [1.165, 1.54) is 0 Å². The van der Waals surface area contributed by atoms with Crippen LogP contribution in [-0.2, 0) is 4.74 Å². The molecule has 0 aliphatic heterocycles. The van der Waals surface area contributed by atoms with Crippen LogP contribution in [0.2, 0.25) is 0 Å². The van der Waals surface area contributed by atoms with Gasteiger partial charge >= 0.3 is 6.11 Å². The second kappa shape index (κ2) is 3.27. The molecule has 9 heavy (non-hydrogen) atoms. The first-order chi connectivity index (χ1) is 4.00. The molecule has 0 aliphatic carbocycles. The molecule has 0 rings (SSSR count). The highest BCUT2D eigenvalue weighted by molar-refractivity contribution is 6.20. The summed E-state index contributed by atoms with van der Waals surface area (Å²) in [6.45, 7) is 2.41. The van der Waals surface area contributed by atoms with E-state index < -0.39 is 18.3 Å². The lowest BCUT2D eigenvalue weighted by molar-refractivity contribution is -0.250. The molecular formula is C4H5ClF3O. The van der Waals surface area contributed by atoms with Gasteiger partial charge in [0.05, 0.1) is 6.61 Å². The lowest BCUT2D eigenvalue weighted by Gasteiger charge is -2.14. The third kappa shape index (κ3) is 2.91. The second-order valence-corrected chi connectivity index (χ2v) is 1.59. The Morgan fingerprint density at radius 3 is 2.22 bits per heavy atom. The molecule has 1 nitrogen and oxygen atoms in total. The molecule has 0 saturated carbocycles. The normalized spacial score (nSPS) is 15.7. The Balaban J connectivity index is 3.70. The lowest BCUT2D eigenvalue weighted by atomic mass is 10.7. The van der Waals surface area contributed by atoms with Gasteiger partial charge in [0.1, 0.15) is 0 Å². The van der Waals surface area contributed by atoms with E-state index in [0.29, 0.717) is 0 Å². The fraction of sp³-hybridized carbons (Fsp3) is 0.750. The van der Waals surface area contributed by atoms with E-state index in [2.05, 4.69) is 23.3 Å². The molecule has 0 fully saturated rings. The number of alkyl halides is 4. The third-order valence-corrected chi connectivity index (χ3v) is 0.803. The molecule has 1 unspecified atom stereocenters. The highest BCUT2D eigenvalue weighted by Crippen LogP contribution is 2.25. The molecule has 0 heterocycles. The number of hydrogen-bond acceptors (Lipinski definition) is 1. The van der Waals surface area contributed by atoms with Crippen LogP contribution in [0.15, 0.2) is 0 Å². The van der Waals surface area contributed by atoms with Crippen molar-refractivity contribution in [1.82, 2.24) is 0 Å². The van der Waals surface area contributed by atoms with Gasteiger partial charge in [-0.2, -0.15) is 8.78 Å². The summed E-state index contributed by atoms with van der Waals surface area (Å²) in [4.78, 5) is 0. The molecule has 0 aliphatic rings.